The highest BCUT2D eigenvalue weighted by molar-refractivity contribution is 5.76. The van der Waals surface area contributed by atoms with Gasteiger partial charge in [0.25, 0.3) is 0 Å². The van der Waals surface area contributed by atoms with Gasteiger partial charge in [0.1, 0.15) is 5.75 Å². The fraction of sp³-hybridized carbons (Fsp3) is 0.364. The smallest absolute Gasteiger partial charge is 0.406 e. The zero-order chi connectivity index (χ0) is 21.6. The van der Waals surface area contributed by atoms with E-state index in [2.05, 4.69) is 15.7 Å². The SMILES string of the molecule is N#Cc1ccc(CCC(=O)N2CCN(Cc3ccc(OC(F)(F)F)cc3)CC2)cc1. The summed E-state index contributed by atoms with van der Waals surface area (Å²) in [4.78, 5) is 16.5. The van der Waals surface area contributed by atoms with Crippen LogP contribution in [0.1, 0.15) is 23.1 Å². The van der Waals surface area contributed by atoms with Crippen LogP contribution in [0.25, 0.3) is 0 Å². The van der Waals surface area contributed by atoms with E-state index in [1.165, 1.54) is 12.1 Å². The number of carbonyl (C=O) groups is 1. The van der Waals surface area contributed by atoms with Gasteiger partial charge in [-0.05, 0) is 41.8 Å². The van der Waals surface area contributed by atoms with Gasteiger partial charge in [0.05, 0.1) is 11.6 Å². The number of amides is 1. The van der Waals surface area contributed by atoms with Gasteiger partial charge in [0.15, 0.2) is 0 Å². The third kappa shape index (κ3) is 6.49. The fourth-order valence-electron chi connectivity index (χ4n) is 3.37. The van der Waals surface area contributed by atoms with Crippen LogP contribution in [-0.2, 0) is 17.8 Å². The Labute approximate surface area is 173 Å². The Morgan fingerprint density at radius 3 is 2.13 bits per heavy atom. The van der Waals surface area contributed by atoms with Gasteiger partial charge in [-0.15, -0.1) is 13.2 Å². The molecule has 2 aromatic rings. The number of hydrogen-bond donors (Lipinski definition) is 0. The molecule has 2 aromatic carbocycles. The number of halogens is 3. The minimum atomic E-state index is -4.69. The lowest BCUT2D eigenvalue weighted by atomic mass is 10.1. The maximum Gasteiger partial charge on any atom is 0.573 e. The molecule has 1 aliphatic heterocycles. The predicted octanol–water partition coefficient (Wildman–Crippen LogP) is 3.73. The van der Waals surface area contributed by atoms with E-state index in [1.54, 1.807) is 24.3 Å². The Morgan fingerprint density at radius 1 is 0.967 bits per heavy atom. The van der Waals surface area contributed by atoms with Crippen molar-refractivity contribution in [3.63, 3.8) is 0 Å². The van der Waals surface area contributed by atoms with Crippen LogP contribution < -0.4 is 4.74 Å². The normalized spacial score (nSPS) is 14.9. The molecule has 1 fully saturated rings. The van der Waals surface area contributed by atoms with Crippen molar-refractivity contribution >= 4 is 5.91 Å². The number of aryl methyl sites for hydroxylation is 1. The van der Waals surface area contributed by atoms with Gasteiger partial charge in [0.2, 0.25) is 5.91 Å². The van der Waals surface area contributed by atoms with E-state index in [-0.39, 0.29) is 11.7 Å². The van der Waals surface area contributed by atoms with E-state index in [1.807, 2.05) is 17.0 Å². The van der Waals surface area contributed by atoms with Crippen LogP contribution in [0.5, 0.6) is 5.75 Å². The number of ether oxygens (including phenoxy) is 1. The molecule has 0 aromatic heterocycles. The van der Waals surface area contributed by atoms with Gasteiger partial charge >= 0.3 is 6.36 Å². The summed E-state index contributed by atoms with van der Waals surface area (Å²) in [6, 6.07) is 15.2. The topological polar surface area (TPSA) is 56.6 Å². The van der Waals surface area contributed by atoms with E-state index >= 15 is 0 Å². The number of nitriles is 1. The lowest BCUT2D eigenvalue weighted by Crippen LogP contribution is -2.48. The number of benzene rings is 2. The molecule has 5 nitrogen and oxygen atoms in total. The molecule has 0 bridgehead atoms. The Balaban J connectivity index is 1.41. The van der Waals surface area contributed by atoms with Crippen LogP contribution in [0.15, 0.2) is 48.5 Å². The van der Waals surface area contributed by atoms with E-state index in [9.17, 15) is 18.0 Å². The first-order valence-electron chi connectivity index (χ1n) is 9.66. The standard InChI is InChI=1S/C22H22F3N3O2/c23-22(24,25)30-20-8-5-19(6-9-20)16-27-11-13-28(14-12-27)21(29)10-7-17-1-3-18(15-26)4-2-17/h1-6,8-9H,7,10-14,16H2. The summed E-state index contributed by atoms with van der Waals surface area (Å²) in [5.41, 5.74) is 2.52. The maximum atomic E-state index is 12.5. The summed E-state index contributed by atoms with van der Waals surface area (Å²) in [5, 5.41) is 8.82. The Hall–Kier alpha value is -3.05. The van der Waals surface area contributed by atoms with Crippen LogP contribution in [0.2, 0.25) is 0 Å². The molecule has 0 atom stereocenters. The molecule has 0 radical (unpaired) electrons. The van der Waals surface area contributed by atoms with E-state index in [0.717, 1.165) is 11.1 Å². The molecule has 0 N–H and O–H groups in total. The molecule has 1 saturated heterocycles. The van der Waals surface area contributed by atoms with Crippen LogP contribution >= 0.6 is 0 Å². The average Bonchev–Trinajstić information content (AvgIpc) is 2.73. The van der Waals surface area contributed by atoms with Crippen molar-refractivity contribution in [1.29, 1.82) is 5.26 Å². The van der Waals surface area contributed by atoms with E-state index in [4.69, 9.17) is 5.26 Å². The second-order valence-electron chi connectivity index (χ2n) is 7.16. The Morgan fingerprint density at radius 2 is 1.57 bits per heavy atom. The predicted molar refractivity (Wildman–Crippen MR) is 104 cm³/mol. The molecule has 1 amide bonds. The summed E-state index contributed by atoms with van der Waals surface area (Å²) in [5.74, 6) is -0.128. The fourth-order valence-corrected chi connectivity index (χ4v) is 3.37. The van der Waals surface area contributed by atoms with Crippen LogP contribution in [0.4, 0.5) is 13.2 Å². The van der Waals surface area contributed by atoms with Crippen molar-refractivity contribution in [3.8, 4) is 11.8 Å². The van der Waals surface area contributed by atoms with Gasteiger partial charge < -0.3 is 9.64 Å². The highest BCUT2D eigenvalue weighted by atomic mass is 19.4. The lowest BCUT2D eigenvalue weighted by molar-refractivity contribution is -0.274. The van der Waals surface area contributed by atoms with Crippen molar-refractivity contribution in [2.45, 2.75) is 25.7 Å². The second kappa shape index (κ2) is 9.63. The monoisotopic (exact) mass is 417 g/mol. The maximum absolute atomic E-state index is 12.5. The molecule has 8 heteroatoms. The molecular formula is C22H22F3N3O2. The summed E-state index contributed by atoms with van der Waals surface area (Å²) >= 11 is 0. The molecule has 0 saturated carbocycles. The van der Waals surface area contributed by atoms with Crippen molar-refractivity contribution in [2.75, 3.05) is 26.2 Å². The van der Waals surface area contributed by atoms with Gasteiger partial charge in [0, 0.05) is 39.1 Å². The minimum absolute atomic E-state index is 0.104. The summed E-state index contributed by atoms with van der Waals surface area (Å²) in [7, 11) is 0. The molecule has 158 valence electrons. The molecule has 1 aliphatic rings. The van der Waals surface area contributed by atoms with Crippen LogP contribution in [0, 0.1) is 11.3 Å². The third-order valence-corrected chi connectivity index (χ3v) is 5.00. The number of carbonyl (C=O) groups excluding carboxylic acids is 1. The number of piperazine rings is 1. The van der Waals surface area contributed by atoms with Crippen LogP contribution in [0.3, 0.4) is 0 Å². The minimum Gasteiger partial charge on any atom is -0.406 e. The molecule has 1 heterocycles. The van der Waals surface area contributed by atoms with Gasteiger partial charge in [-0.1, -0.05) is 24.3 Å². The highest BCUT2D eigenvalue weighted by Gasteiger charge is 2.31. The molecule has 30 heavy (non-hydrogen) atoms. The van der Waals surface area contributed by atoms with Gasteiger partial charge in [-0.25, -0.2) is 0 Å². The van der Waals surface area contributed by atoms with Gasteiger partial charge in [-0.2, -0.15) is 5.26 Å². The Kier molecular flexibility index (Phi) is 6.95. The largest absolute Gasteiger partial charge is 0.573 e. The lowest BCUT2D eigenvalue weighted by Gasteiger charge is -2.35. The first kappa shape index (κ1) is 21.7. The summed E-state index contributed by atoms with van der Waals surface area (Å²) in [6.07, 6.45) is -3.63. The molecular weight excluding hydrogens is 395 g/mol. The third-order valence-electron chi connectivity index (χ3n) is 5.00. The van der Waals surface area contributed by atoms with E-state index in [0.29, 0.717) is 51.1 Å². The first-order chi connectivity index (χ1) is 14.3. The van der Waals surface area contributed by atoms with Gasteiger partial charge in [-0.3, -0.25) is 9.69 Å². The molecule has 0 aliphatic carbocycles. The summed E-state index contributed by atoms with van der Waals surface area (Å²) in [6.45, 7) is 3.29. The number of nitrogens with zero attached hydrogens (tertiary/aromatic N) is 3. The zero-order valence-electron chi connectivity index (χ0n) is 16.4. The van der Waals surface area contributed by atoms with Crippen molar-refractivity contribution < 1.29 is 22.7 Å². The average molecular weight is 417 g/mol. The zero-order valence-corrected chi connectivity index (χ0v) is 16.4. The van der Waals surface area contributed by atoms with Crippen molar-refractivity contribution in [2.24, 2.45) is 0 Å². The molecule has 0 spiro atoms. The first-order valence-corrected chi connectivity index (χ1v) is 9.66. The van der Waals surface area contributed by atoms with Crippen molar-refractivity contribution in [1.82, 2.24) is 9.80 Å². The van der Waals surface area contributed by atoms with E-state index < -0.39 is 6.36 Å². The number of rotatable bonds is 6. The molecule has 3 rings (SSSR count). The Bertz CT molecular complexity index is 882. The second-order valence-corrected chi connectivity index (χ2v) is 7.16. The summed E-state index contributed by atoms with van der Waals surface area (Å²) < 4.78 is 40.6. The van der Waals surface area contributed by atoms with Crippen LogP contribution in [-0.4, -0.2) is 48.2 Å². The number of alkyl halides is 3. The van der Waals surface area contributed by atoms with Crippen molar-refractivity contribution in [3.05, 3.63) is 65.2 Å². The molecule has 0 unspecified atom stereocenters. The quantitative estimate of drug-likeness (QED) is 0.719. The number of hydrogen-bond acceptors (Lipinski definition) is 4. The highest BCUT2D eigenvalue weighted by Crippen LogP contribution is 2.23.